The predicted molar refractivity (Wildman–Crippen MR) is 185 cm³/mol. The summed E-state index contributed by atoms with van der Waals surface area (Å²) in [4.78, 5) is 11.7. The highest BCUT2D eigenvalue weighted by atomic mass is 16.3. The van der Waals surface area contributed by atoms with Gasteiger partial charge in [0.15, 0.2) is 5.78 Å². The zero-order valence-electron chi connectivity index (χ0n) is 28.4. The highest BCUT2D eigenvalue weighted by Crippen LogP contribution is 2.67. The van der Waals surface area contributed by atoms with Gasteiger partial charge in [0.2, 0.25) is 0 Å². The molecule has 3 heteroatoms. The van der Waals surface area contributed by atoms with Gasteiger partial charge < -0.3 is 10.2 Å². The number of carbonyl (C=O) groups is 1. The number of rotatable bonds is 2. The van der Waals surface area contributed by atoms with E-state index in [1.54, 1.807) is 5.57 Å². The van der Waals surface area contributed by atoms with Gasteiger partial charge in [0.1, 0.15) is 11.2 Å². The molecule has 12 atom stereocenters. The molecule has 246 valence electrons. The highest BCUT2D eigenvalue weighted by molar-refractivity contribution is 5.91. The molecule has 0 heterocycles. The summed E-state index contributed by atoms with van der Waals surface area (Å²) in [5.74, 6) is 10.8. The fourth-order valence-electron chi connectivity index (χ4n) is 13.4. The molecule has 0 bridgehead atoms. The van der Waals surface area contributed by atoms with Crippen molar-refractivity contribution >= 4 is 5.78 Å². The Morgan fingerprint density at radius 3 is 2.37 bits per heavy atom. The van der Waals surface area contributed by atoms with E-state index in [1.165, 1.54) is 43.3 Å². The van der Waals surface area contributed by atoms with Crippen LogP contribution in [0.5, 0.6) is 0 Å². The number of ketones is 1. The standard InChI is InChI=1S/C22H30O.C21H26O2/c1-4-21-14-15(3)20-17-9-7-6-8-16(17)10-11-18(20)19(21)12-13-22(21,23)5-2;1-3-20-11-9-17-16-8-6-15(22)13-14(16)5-7-18(17)19(20)10-12-21(20,23)4-2/h2,8,17-20,23H,3-4,6-7,9-14H2,1H3;2,10,12-13,16-19,23H,3,5-9,11H2,1H3/t17-,18-,19-,20+,21-,22-;16-,17+,18+,19-,20-,21-/m00/s1. The lowest BCUT2D eigenvalue weighted by molar-refractivity contribution is -0.116. The molecule has 0 aromatic rings. The van der Waals surface area contributed by atoms with Crippen LogP contribution in [0.2, 0.25) is 0 Å². The van der Waals surface area contributed by atoms with Crippen LogP contribution in [0.25, 0.3) is 0 Å². The van der Waals surface area contributed by atoms with E-state index in [2.05, 4.69) is 44.4 Å². The minimum absolute atomic E-state index is 0.115. The third kappa shape index (κ3) is 4.43. The Morgan fingerprint density at radius 1 is 0.870 bits per heavy atom. The lowest BCUT2D eigenvalue weighted by atomic mass is 9.48. The number of hydrogen-bond acceptors (Lipinski definition) is 3. The molecule has 8 aliphatic rings. The van der Waals surface area contributed by atoms with Crippen molar-refractivity contribution in [1.82, 2.24) is 0 Å². The van der Waals surface area contributed by atoms with Gasteiger partial charge in [-0.3, -0.25) is 4.79 Å². The van der Waals surface area contributed by atoms with Crippen molar-refractivity contribution in [2.75, 3.05) is 0 Å². The van der Waals surface area contributed by atoms with Crippen LogP contribution >= 0.6 is 0 Å². The monoisotopic (exact) mass is 620 g/mol. The van der Waals surface area contributed by atoms with E-state index in [1.807, 2.05) is 12.2 Å². The fourth-order valence-corrected chi connectivity index (χ4v) is 13.4. The van der Waals surface area contributed by atoms with E-state index in [0.717, 1.165) is 70.1 Å². The van der Waals surface area contributed by atoms with Crippen LogP contribution < -0.4 is 0 Å². The Labute approximate surface area is 278 Å². The maximum Gasteiger partial charge on any atom is 0.155 e. The molecule has 5 fully saturated rings. The van der Waals surface area contributed by atoms with Crippen LogP contribution in [0.15, 0.2) is 47.6 Å². The molecule has 8 rings (SSSR count). The largest absolute Gasteiger partial charge is 0.377 e. The van der Waals surface area contributed by atoms with Gasteiger partial charge in [0, 0.05) is 17.3 Å². The summed E-state index contributed by atoms with van der Waals surface area (Å²) in [7, 11) is 0. The maximum absolute atomic E-state index is 11.7. The number of aliphatic hydroxyl groups is 2. The van der Waals surface area contributed by atoms with Crippen molar-refractivity contribution < 1.29 is 15.0 Å². The summed E-state index contributed by atoms with van der Waals surface area (Å²) in [5, 5.41) is 22.2. The Balaban J connectivity index is 0.000000147. The van der Waals surface area contributed by atoms with Gasteiger partial charge in [-0.1, -0.05) is 61.1 Å². The molecule has 46 heavy (non-hydrogen) atoms. The summed E-state index contributed by atoms with van der Waals surface area (Å²) in [5.41, 5.74) is 2.23. The van der Waals surface area contributed by atoms with Gasteiger partial charge in [0.25, 0.3) is 0 Å². The van der Waals surface area contributed by atoms with E-state index >= 15 is 0 Å². The minimum atomic E-state index is -1.07. The first-order valence-electron chi connectivity index (χ1n) is 18.8. The van der Waals surface area contributed by atoms with E-state index < -0.39 is 11.2 Å². The van der Waals surface area contributed by atoms with Crippen molar-refractivity contribution in [1.29, 1.82) is 0 Å². The lowest BCUT2D eigenvalue weighted by Crippen LogP contribution is -2.54. The first kappa shape index (κ1) is 32.2. The van der Waals surface area contributed by atoms with Crippen LogP contribution in [0.4, 0.5) is 0 Å². The van der Waals surface area contributed by atoms with Crippen LogP contribution in [0.1, 0.15) is 117 Å². The SMILES string of the molecule is C#C[C@]1(O)C=C[C@H]2[C@@H]3CCC4=CC(=O)CC[C@@H]4[C@H]3CC[C@@]21CC.C#C[C@]1(O)CC[C@H]2[C@@H]3CCC4=CCCC[C@@H]4[C@H]3C(=C)C[C@@]21CC. The van der Waals surface area contributed by atoms with Crippen molar-refractivity contribution in [3.63, 3.8) is 0 Å². The summed E-state index contributed by atoms with van der Waals surface area (Å²) < 4.78 is 0. The number of carbonyl (C=O) groups excluding carboxylic acids is 1. The Hall–Kier alpha value is -2.33. The molecule has 0 aliphatic heterocycles. The molecule has 3 nitrogen and oxygen atoms in total. The fraction of sp³-hybridized carbons (Fsp3) is 0.698. The average Bonchev–Trinajstić information content (AvgIpc) is 3.56. The Bertz CT molecular complexity index is 1450. The van der Waals surface area contributed by atoms with Gasteiger partial charge in [-0.15, -0.1) is 12.8 Å². The van der Waals surface area contributed by atoms with Gasteiger partial charge in [-0.2, -0.15) is 0 Å². The van der Waals surface area contributed by atoms with E-state index in [9.17, 15) is 15.0 Å². The van der Waals surface area contributed by atoms with Crippen LogP contribution in [0, 0.1) is 82.9 Å². The van der Waals surface area contributed by atoms with Crippen LogP contribution in [-0.4, -0.2) is 27.2 Å². The van der Waals surface area contributed by atoms with Crippen molar-refractivity contribution in [2.24, 2.45) is 58.2 Å². The molecule has 0 saturated heterocycles. The van der Waals surface area contributed by atoms with Crippen molar-refractivity contribution in [3.8, 4) is 24.7 Å². The van der Waals surface area contributed by atoms with Gasteiger partial charge >= 0.3 is 0 Å². The van der Waals surface area contributed by atoms with Crippen LogP contribution in [0.3, 0.4) is 0 Å². The normalized spacial score (nSPS) is 48.4. The van der Waals surface area contributed by atoms with Gasteiger partial charge in [-0.25, -0.2) is 0 Å². The molecule has 0 amide bonds. The number of allylic oxidation sites excluding steroid dienone is 6. The summed E-state index contributed by atoms with van der Waals surface area (Å²) >= 11 is 0. The second kappa shape index (κ2) is 11.7. The molecule has 2 N–H and O–H groups in total. The summed E-state index contributed by atoms with van der Waals surface area (Å²) in [6.07, 6.45) is 37.4. The second-order valence-corrected chi connectivity index (χ2v) is 16.6. The third-order valence-corrected chi connectivity index (χ3v) is 15.5. The summed E-state index contributed by atoms with van der Waals surface area (Å²) in [6.45, 7) is 8.94. The third-order valence-electron chi connectivity index (χ3n) is 15.5. The second-order valence-electron chi connectivity index (χ2n) is 16.6. The molecule has 0 aromatic carbocycles. The molecule has 0 radical (unpaired) electrons. The first-order chi connectivity index (χ1) is 22.1. The average molecular weight is 621 g/mol. The number of terminal acetylenes is 2. The molecule has 0 aromatic heterocycles. The quantitative estimate of drug-likeness (QED) is 0.240. The number of hydrogen-bond donors (Lipinski definition) is 2. The van der Waals surface area contributed by atoms with Crippen LogP contribution in [-0.2, 0) is 4.79 Å². The van der Waals surface area contributed by atoms with Gasteiger partial charge in [-0.05, 0) is 156 Å². The van der Waals surface area contributed by atoms with E-state index in [-0.39, 0.29) is 10.8 Å². The van der Waals surface area contributed by atoms with Crippen molar-refractivity contribution in [3.05, 3.63) is 47.6 Å². The molecule has 0 unspecified atom stereocenters. The minimum Gasteiger partial charge on any atom is -0.377 e. The molecule has 5 saturated carbocycles. The maximum atomic E-state index is 11.7. The summed E-state index contributed by atoms with van der Waals surface area (Å²) in [6, 6.07) is 0. The Morgan fingerprint density at radius 2 is 1.63 bits per heavy atom. The molecule has 0 spiro atoms. The molecular formula is C43H56O3. The zero-order valence-corrected chi connectivity index (χ0v) is 28.4. The van der Waals surface area contributed by atoms with E-state index in [0.29, 0.717) is 53.6 Å². The smallest absolute Gasteiger partial charge is 0.155 e. The first-order valence-corrected chi connectivity index (χ1v) is 18.8. The van der Waals surface area contributed by atoms with Gasteiger partial charge in [0.05, 0.1) is 0 Å². The Kier molecular flexibility index (Phi) is 8.18. The molecular weight excluding hydrogens is 564 g/mol. The number of fused-ring (bicyclic) bond motifs is 10. The molecule has 8 aliphatic carbocycles. The highest BCUT2D eigenvalue weighted by Gasteiger charge is 2.64. The zero-order chi connectivity index (χ0) is 32.5. The van der Waals surface area contributed by atoms with E-state index in [4.69, 9.17) is 12.8 Å². The predicted octanol–water partition coefficient (Wildman–Crippen LogP) is 8.53. The topological polar surface area (TPSA) is 57.5 Å². The lowest BCUT2D eigenvalue weighted by Gasteiger charge is -2.56. The van der Waals surface area contributed by atoms with Crippen molar-refractivity contribution in [2.45, 2.75) is 128 Å².